The van der Waals surface area contributed by atoms with Crippen LogP contribution in [0.5, 0.6) is 0 Å². The minimum atomic E-state index is 0.140. The Morgan fingerprint density at radius 2 is 0.929 bits per heavy atom. The van der Waals surface area contributed by atoms with Crippen molar-refractivity contribution in [2.75, 3.05) is 0 Å². The first-order valence-electron chi connectivity index (χ1n) is 20.4. The number of benzene rings is 7. The molecule has 1 heterocycles. The lowest BCUT2D eigenvalue weighted by molar-refractivity contribution is -0.0393. The van der Waals surface area contributed by atoms with Gasteiger partial charge in [0.2, 0.25) is 0 Å². The van der Waals surface area contributed by atoms with Crippen LogP contribution in [0.25, 0.3) is 78.3 Å². The number of rotatable bonds is 5. The average Bonchev–Trinajstić information content (AvgIpc) is 3.56. The maximum atomic E-state index is 5.06. The third kappa shape index (κ3) is 4.79. The van der Waals surface area contributed by atoms with E-state index in [-0.39, 0.29) is 5.41 Å². The van der Waals surface area contributed by atoms with Crippen molar-refractivity contribution in [3.8, 4) is 67.5 Å². The van der Waals surface area contributed by atoms with Gasteiger partial charge in [0, 0.05) is 22.1 Å². The van der Waals surface area contributed by atoms with E-state index in [1.807, 2.05) is 36.4 Å². The van der Waals surface area contributed by atoms with E-state index in [0.717, 1.165) is 51.5 Å². The molecule has 0 saturated heterocycles. The monoisotopic (exact) mass is 719 g/mol. The van der Waals surface area contributed by atoms with E-state index in [9.17, 15) is 0 Å². The summed E-state index contributed by atoms with van der Waals surface area (Å²) in [5.74, 6) is 5.34. The van der Waals surface area contributed by atoms with Crippen LogP contribution in [0, 0.1) is 23.7 Å². The lowest BCUT2D eigenvalue weighted by Gasteiger charge is -2.61. The van der Waals surface area contributed by atoms with Crippen LogP contribution in [0.3, 0.4) is 0 Å². The van der Waals surface area contributed by atoms with Crippen LogP contribution in [0.1, 0.15) is 43.2 Å². The fourth-order valence-electron chi connectivity index (χ4n) is 11.9. The van der Waals surface area contributed by atoms with E-state index in [1.54, 1.807) is 11.1 Å². The van der Waals surface area contributed by atoms with Gasteiger partial charge in [-0.1, -0.05) is 158 Å². The van der Waals surface area contributed by atoms with Crippen LogP contribution in [0.4, 0.5) is 0 Å². The van der Waals surface area contributed by atoms with Gasteiger partial charge in [0.1, 0.15) is 0 Å². The molecule has 5 aliphatic rings. The Bertz CT molecular complexity index is 2720. The molecule has 8 aromatic rings. The number of hydrogen-bond acceptors (Lipinski definition) is 3. The van der Waals surface area contributed by atoms with Crippen molar-refractivity contribution in [3.05, 3.63) is 175 Å². The average molecular weight is 720 g/mol. The van der Waals surface area contributed by atoms with Gasteiger partial charge < -0.3 is 0 Å². The summed E-state index contributed by atoms with van der Waals surface area (Å²) in [6, 6.07) is 59.5. The maximum Gasteiger partial charge on any atom is 0.164 e. The van der Waals surface area contributed by atoms with Crippen molar-refractivity contribution >= 4 is 10.8 Å². The zero-order valence-corrected chi connectivity index (χ0v) is 31.3. The van der Waals surface area contributed by atoms with Gasteiger partial charge >= 0.3 is 0 Å². The quantitative estimate of drug-likeness (QED) is 0.178. The van der Waals surface area contributed by atoms with Crippen LogP contribution in [0.15, 0.2) is 164 Å². The smallest absolute Gasteiger partial charge is 0.164 e. The molecule has 3 heteroatoms. The van der Waals surface area contributed by atoms with E-state index in [1.165, 1.54) is 65.1 Å². The highest BCUT2D eigenvalue weighted by molar-refractivity contribution is 5.99. The Hall–Kier alpha value is -6.19. The van der Waals surface area contributed by atoms with Crippen molar-refractivity contribution in [1.29, 1.82) is 0 Å². The molecule has 5 aliphatic carbocycles. The molecule has 0 amide bonds. The second-order valence-corrected chi connectivity index (χ2v) is 16.8. The second kappa shape index (κ2) is 12.4. The number of nitrogens with zero attached hydrogens (tertiary/aromatic N) is 3. The lowest BCUT2D eigenvalue weighted by atomic mass is 9.43. The van der Waals surface area contributed by atoms with Crippen LogP contribution < -0.4 is 0 Å². The van der Waals surface area contributed by atoms with Crippen LogP contribution in [-0.4, -0.2) is 15.0 Å². The van der Waals surface area contributed by atoms with E-state index in [4.69, 9.17) is 15.0 Å². The Kier molecular flexibility index (Phi) is 7.11. The molecule has 1 spiro atoms. The highest BCUT2D eigenvalue weighted by atomic mass is 15.0. The first-order chi connectivity index (χ1) is 27.7. The first kappa shape index (κ1) is 32.1. The number of hydrogen-bond donors (Lipinski definition) is 0. The third-order valence-corrected chi connectivity index (χ3v) is 13.9. The standard InChI is InChI=1S/C53H41N3/c1-3-12-38(13-4-1)50-54-51(39-14-5-2-6-15-39)56-52(55-50)46-18-10-9-16-43(46)37-21-19-35(20-22-37)40-24-26-48-47(32-40)45-25-23-36-11-7-8-17-44(36)49(45)53(48)41-28-33-27-34(30-41)31-42(53)29-33/h1-26,32-34,41-42H,27-31H2. The summed E-state index contributed by atoms with van der Waals surface area (Å²) in [4.78, 5) is 15.1. The Morgan fingerprint density at radius 1 is 0.375 bits per heavy atom. The maximum absolute atomic E-state index is 5.06. The SMILES string of the molecule is c1ccc(-c2nc(-c3ccccc3)nc(-c3ccccc3-c3ccc(-c4ccc5c(c4)-c4ccc6ccccc6c4C54C5CC6CC(C5)CC4C6)cc3)n2)cc1. The van der Waals surface area contributed by atoms with Crippen LogP contribution >= 0.6 is 0 Å². The molecule has 1 aromatic heterocycles. The Morgan fingerprint density at radius 3 is 1.61 bits per heavy atom. The molecule has 0 N–H and O–H groups in total. The molecule has 268 valence electrons. The number of fused-ring (bicyclic) bond motifs is 5. The predicted molar refractivity (Wildman–Crippen MR) is 228 cm³/mol. The summed E-state index contributed by atoms with van der Waals surface area (Å²) in [6.45, 7) is 0. The van der Waals surface area contributed by atoms with Crippen molar-refractivity contribution in [2.24, 2.45) is 23.7 Å². The molecule has 3 nitrogen and oxygen atoms in total. The molecule has 56 heavy (non-hydrogen) atoms. The molecule has 0 unspecified atom stereocenters. The molecule has 4 fully saturated rings. The molecule has 0 atom stereocenters. The van der Waals surface area contributed by atoms with E-state index < -0.39 is 0 Å². The largest absolute Gasteiger partial charge is 0.208 e. The van der Waals surface area contributed by atoms with Crippen molar-refractivity contribution in [2.45, 2.75) is 37.5 Å². The Balaban J connectivity index is 0.947. The summed E-state index contributed by atoms with van der Waals surface area (Å²) >= 11 is 0. The van der Waals surface area contributed by atoms with Gasteiger partial charge in [-0.3, -0.25) is 0 Å². The first-order valence-corrected chi connectivity index (χ1v) is 20.4. The van der Waals surface area contributed by atoms with Crippen molar-refractivity contribution < 1.29 is 0 Å². The summed E-state index contributed by atoms with van der Waals surface area (Å²) < 4.78 is 0. The van der Waals surface area contributed by atoms with Crippen LogP contribution in [0.2, 0.25) is 0 Å². The molecule has 4 saturated carbocycles. The molecule has 4 bridgehead atoms. The molecule has 0 radical (unpaired) electrons. The Labute approximate surface area is 328 Å². The minimum Gasteiger partial charge on any atom is -0.208 e. The normalized spacial score (nSPS) is 22.7. The molecule has 13 rings (SSSR count). The fraction of sp³-hybridized carbons (Fsp3) is 0.189. The summed E-state index contributed by atoms with van der Waals surface area (Å²) in [6.07, 6.45) is 7.05. The van der Waals surface area contributed by atoms with Gasteiger partial charge in [0.05, 0.1) is 0 Å². The van der Waals surface area contributed by atoms with Gasteiger partial charge in [0.15, 0.2) is 17.5 Å². The van der Waals surface area contributed by atoms with Crippen molar-refractivity contribution in [1.82, 2.24) is 15.0 Å². The van der Waals surface area contributed by atoms with Gasteiger partial charge in [-0.15, -0.1) is 0 Å². The highest BCUT2D eigenvalue weighted by Crippen LogP contribution is 2.70. The highest BCUT2D eigenvalue weighted by Gasteiger charge is 2.62. The molecule has 7 aromatic carbocycles. The number of aromatic nitrogens is 3. The lowest BCUT2D eigenvalue weighted by Crippen LogP contribution is -2.55. The minimum absolute atomic E-state index is 0.140. The van der Waals surface area contributed by atoms with Gasteiger partial charge in [-0.2, -0.15) is 0 Å². The zero-order chi connectivity index (χ0) is 36.8. The fourth-order valence-corrected chi connectivity index (χ4v) is 11.9. The van der Waals surface area contributed by atoms with E-state index in [0.29, 0.717) is 17.5 Å². The van der Waals surface area contributed by atoms with E-state index in [2.05, 4.69) is 127 Å². The topological polar surface area (TPSA) is 38.7 Å². The summed E-state index contributed by atoms with van der Waals surface area (Å²) in [7, 11) is 0. The zero-order valence-electron chi connectivity index (χ0n) is 31.3. The molecular weight excluding hydrogens is 679 g/mol. The van der Waals surface area contributed by atoms with Crippen LogP contribution in [-0.2, 0) is 5.41 Å². The molecule has 0 aliphatic heterocycles. The second-order valence-electron chi connectivity index (χ2n) is 16.8. The van der Waals surface area contributed by atoms with Crippen molar-refractivity contribution in [3.63, 3.8) is 0 Å². The van der Waals surface area contributed by atoms with Gasteiger partial charge in [-0.25, -0.2) is 15.0 Å². The van der Waals surface area contributed by atoms with E-state index >= 15 is 0 Å². The summed E-state index contributed by atoms with van der Waals surface area (Å²) in [5.41, 5.74) is 14.0. The predicted octanol–water partition coefficient (Wildman–Crippen LogP) is 13.1. The third-order valence-electron chi connectivity index (χ3n) is 13.9. The summed E-state index contributed by atoms with van der Waals surface area (Å²) in [5, 5.41) is 2.86. The van der Waals surface area contributed by atoms with Gasteiger partial charge in [-0.05, 0) is 117 Å². The molecular formula is C53H41N3. The van der Waals surface area contributed by atoms with Gasteiger partial charge in [0.25, 0.3) is 0 Å².